The highest BCUT2D eigenvalue weighted by Gasteiger charge is 2.19. The quantitative estimate of drug-likeness (QED) is 0.914. The zero-order valence-electron chi connectivity index (χ0n) is 11.6. The van der Waals surface area contributed by atoms with Crippen molar-refractivity contribution < 1.29 is 18.3 Å². The average Bonchev–Trinajstić information content (AvgIpc) is 2.47. The number of aromatic carboxylic acids is 1. The van der Waals surface area contributed by atoms with E-state index in [0.29, 0.717) is 11.1 Å². The van der Waals surface area contributed by atoms with Crippen molar-refractivity contribution in [3.05, 3.63) is 70.8 Å². The lowest BCUT2D eigenvalue weighted by atomic mass is 10.1. The molecular weight excluding hydrogens is 302 g/mol. The summed E-state index contributed by atoms with van der Waals surface area (Å²) in [6, 6.07) is 14.4. The second-order valence-electron chi connectivity index (χ2n) is 4.76. The zero-order valence-corrected chi connectivity index (χ0v) is 12.4. The van der Waals surface area contributed by atoms with E-state index < -0.39 is 15.8 Å². The van der Waals surface area contributed by atoms with Gasteiger partial charge >= 0.3 is 5.97 Å². The van der Waals surface area contributed by atoms with Crippen LogP contribution < -0.4 is 0 Å². The largest absolute Gasteiger partial charge is 0.478 e. The van der Waals surface area contributed by atoms with Crippen LogP contribution in [0.5, 0.6) is 0 Å². The molecule has 0 saturated carbocycles. The summed E-state index contributed by atoms with van der Waals surface area (Å²) in [5.74, 6) is -1.84. The molecule has 6 heteroatoms. The zero-order chi connectivity index (χ0) is 16.2. The van der Waals surface area contributed by atoms with Crippen molar-refractivity contribution in [1.82, 2.24) is 0 Å². The highest BCUT2D eigenvalue weighted by atomic mass is 32.2. The first-order valence-corrected chi connectivity index (χ1v) is 8.25. The lowest BCUT2D eigenvalue weighted by molar-refractivity contribution is 0.0696. The minimum absolute atomic E-state index is 0.0281. The number of carboxylic acids is 1. The molecule has 22 heavy (non-hydrogen) atoms. The first-order valence-electron chi connectivity index (χ1n) is 6.42. The smallest absolute Gasteiger partial charge is 0.335 e. The van der Waals surface area contributed by atoms with Gasteiger partial charge in [0.2, 0.25) is 0 Å². The molecule has 0 aliphatic heterocycles. The van der Waals surface area contributed by atoms with Crippen LogP contribution in [0.2, 0.25) is 0 Å². The Labute approximate surface area is 128 Å². The topological polar surface area (TPSA) is 95.2 Å². The predicted molar refractivity (Wildman–Crippen MR) is 80.9 cm³/mol. The van der Waals surface area contributed by atoms with Gasteiger partial charge in [-0.3, -0.25) is 0 Å². The summed E-state index contributed by atoms with van der Waals surface area (Å²) in [6.45, 7) is 0. The third-order valence-corrected chi connectivity index (χ3v) is 4.64. The lowest BCUT2D eigenvalue weighted by Crippen LogP contribution is -2.12. The Kier molecular flexibility index (Phi) is 4.59. The van der Waals surface area contributed by atoms with Crippen LogP contribution in [0.1, 0.15) is 27.0 Å². The fraction of sp³-hybridized carbons (Fsp3) is 0.125. The van der Waals surface area contributed by atoms with Gasteiger partial charge < -0.3 is 5.11 Å². The monoisotopic (exact) mass is 315 g/mol. The fourth-order valence-electron chi connectivity index (χ4n) is 2.13. The van der Waals surface area contributed by atoms with Crippen LogP contribution >= 0.6 is 0 Å². The highest BCUT2D eigenvalue weighted by molar-refractivity contribution is 7.89. The second-order valence-corrected chi connectivity index (χ2v) is 6.83. The van der Waals surface area contributed by atoms with Crippen LogP contribution in [0.15, 0.2) is 48.5 Å². The number of benzene rings is 2. The summed E-state index contributed by atoms with van der Waals surface area (Å²) >= 11 is 0. The molecule has 1 N–H and O–H groups in total. The summed E-state index contributed by atoms with van der Waals surface area (Å²) < 4.78 is 24.6. The number of carbonyl (C=O) groups is 1. The summed E-state index contributed by atoms with van der Waals surface area (Å²) in [5.41, 5.74) is 0.930. The summed E-state index contributed by atoms with van der Waals surface area (Å²) in [7, 11) is -3.59. The van der Waals surface area contributed by atoms with E-state index in [9.17, 15) is 13.2 Å². The molecule has 0 spiro atoms. The van der Waals surface area contributed by atoms with Crippen LogP contribution in [0, 0.1) is 11.3 Å². The molecule has 0 aliphatic carbocycles. The molecule has 5 nitrogen and oxygen atoms in total. The third-order valence-electron chi connectivity index (χ3n) is 3.14. The second kappa shape index (κ2) is 6.41. The highest BCUT2D eigenvalue weighted by Crippen LogP contribution is 2.18. The summed E-state index contributed by atoms with van der Waals surface area (Å²) in [6.07, 6.45) is 0. The number of nitriles is 1. The van der Waals surface area contributed by atoms with Crippen LogP contribution in [-0.4, -0.2) is 19.5 Å². The van der Waals surface area contributed by atoms with Crippen LogP contribution in [0.25, 0.3) is 0 Å². The Bertz CT molecular complexity index is 850. The van der Waals surface area contributed by atoms with E-state index in [2.05, 4.69) is 0 Å². The molecule has 0 aromatic heterocycles. The maximum absolute atomic E-state index is 12.3. The van der Waals surface area contributed by atoms with Gasteiger partial charge in [-0.2, -0.15) is 5.26 Å². The van der Waals surface area contributed by atoms with E-state index in [1.807, 2.05) is 6.07 Å². The lowest BCUT2D eigenvalue weighted by Gasteiger charge is -2.08. The van der Waals surface area contributed by atoms with E-state index in [-0.39, 0.29) is 22.6 Å². The fourth-order valence-corrected chi connectivity index (χ4v) is 3.69. The molecule has 2 aromatic carbocycles. The van der Waals surface area contributed by atoms with Crippen molar-refractivity contribution in [3.8, 4) is 6.07 Å². The van der Waals surface area contributed by atoms with E-state index >= 15 is 0 Å². The molecule has 0 saturated heterocycles. The van der Waals surface area contributed by atoms with Gasteiger partial charge in [0.1, 0.15) is 0 Å². The number of hydrogen-bond acceptors (Lipinski definition) is 4. The van der Waals surface area contributed by atoms with E-state index in [4.69, 9.17) is 10.4 Å². The maximum Gasteiger partial charge on any atom is 0.335 e. The number of rotatable bonds is 5. The van der Waals surface area contributed by atoms with Crippen molar-refractivity contribution in [2.24, 2.45) is 0 Å². The van der Waals surface area contributed by atoms with E-state index in [1.165, 1.54) is 12.1 Å². The van der Waals surface area contributed by atoms with Crippen LogP contribution in [0.4, 0.5) is 0 Å². The van der Waals surface area contributed by atoms with Crippen LogP contribution in [0.3, 0.4) is 0 Å². The molecule has 0 aliphatic rings. The van der Waals surface area contributed by atoms with Crippen LogP contribution in [-0.2, 0) is 21.3 Å². The van der Waals surface area contributed by atoms with E-state index in [1.54, 1.807) is 36.4 Å². The number of nitrogens with zero attached hydrogens (tertiary/aromatic N) is 1. The Morgan fingerprint density at radius 1 is 1.00 bits per heavy atom. The van der Waals surface area contributed by atoms with Gasteiger partial charge in [0.25, 0.3) is 0 Å². The Morgan fingerprint density at radius 3 is 2.18 bits per heavy atom. The third kappa shape index (κ3) is 3.71. The number of hydrogen-bond donors (Lipinski definition) is 1. The molecule has 2 rings (SSSR count). The van der Waals surface area contributed by atoms with Gasteiger partial charge in [0.15, 0.2) is 9.84 Å². The number of sulfone groups is 1. The molecule has 112 valence electrons. The van der Waals surface area contributed by atoms with Gasteiger partial charge in [0, 0.05) is 0 Å². The minimum Gasteiger partial charge on any atom is -0.478 e. The first kappa shape index (κ1) is 15.7. The predicted octanol–water partition coefficient (Wildman–Crippen LogP) is 2.37. The summed E-state index contributed by atoms with van der Waals surface area (Å²) in [4.78, 5) is 11.1. The minimum atomic E-state index is -3.59. The molecular formula is C16H13NO4S. The Morgan fingerprint density at radius 2 is 1.55 bits per heavy atom. The van der Waals surface area contributed by atoms with Crippen molar-refractivity contribution in [3.63, 3.8) is 0 Å². The normalized spacial score (nSPS) is 10.9. The van der Waals surface area contributed by atoms with Gasteiger partial charge in [-0.15, -0.1) is 0 Å². The Balaban J connectivity index is 2.30. The molecule has 0 fully saturated rings. The molecule has 0 unspecified atom stereocenters. The van der Waals surface area contributed by atoms with Crippen molar-refractivity contribution in [1.29, 1.82) is 5.26 Å². The van der Waals surface area contributed by atoms with Gasteiger partial charge in [-0.25, -0.2) is 13.2 Å². The Hall–Kier alpha value is -2.65. The van der Waals surface area contributed by atoms with Gasteiger partial charge in [0.05, 0.1) is 28.7 Å². The van der Waals surface area contributed by atoms with Gasteiger partial charge in [-0.1, -0.05) is 36.4 Å². The standard InChI is InChI=1S/C16H13NO4S/c17-9-12-5-1-2-6-13(12)10-22(20,21)11-14-7-3-4-8-15(14)16(18)19/h1-8H,10-11H2,(H,18,19). The SMILES string of the molecule is N#Cc1ccccc1CS(=O)(=O)Cc1ccccc1C(=O)O. The maximum atomic E-state index is 12.3. The molecule has 0 atom stereocenters. The molecule has 0 radical (unpaired) electrons. The molecule has 0 heterocycles. The molecule has 0 bridgehead atoms. The average molecular weight is 315 g/mol. The number of carboxylic acid groups (broad SMARTS) is 1. The summed E-state index contributed by atoms with van der Waals surface area (Å²) in [5, 5.41) is 18.1. The molecule has 0 amide bonds. The van der Waals surface area contributed by atoms with Crippen molar-refractivity contribution in [2.45, 2.75) is 11.5 Å². The van der Waals surface area contributed by atoms with Gasteiger partial charge in [-0.05, 0) is 23.3 Å². The molecule has 2 aromatic rings. The first-order chi connectivity index (χ1) is 10.4. The van der Waals surface area contributed by atoms with Crippen molar-refractivity contribution >= 4 is 15.8 Å². The van der Waals surface area contributed by atoms with Crippen molar-refractivity contribution in [2.75, 3.05) is 0 Å². The van der Waals surface area contributed by atoms with E-state index in [0.717, 1.165) is 0 Å².